The lowest BCUT2D eigenvalue weighted by atomic mass is 10.1. The molecule has 20 heavy (non-hydrogen) atoms. The normalized spacial score (nSPS) is 10.4. The lowest BCUT2D eigenvalue weighted by Gasteiger charge is -2.08. The van der Waals surface area contributed by atoms with E-state index in [1.807, 2.05) is 19.9 Å². The van der Waals surface area contributed by atoms with E-state index in [9.17, 15) is 13.6 Å². The number of rotatable bonds is 2. The Hall–Kier alpha value is -1.94. The fraction of sp³-hybridized carbons (Fsp3) is 0.133. The van der Waals surface area contributed by atoms with E-state index in [2.05, 4.69) is 5.32 Å². The standard InChI is InChI=1S/C15H12ClF2NO/c1-8-3-4-10(5-9(8)2)15(20)19-11-6-12(16)14(18)13(17)7-11/h3-7H,1-2H3,(H,19,20). The summed E-state index contributed by atoms with van der Waals surface area (Å²) in [6, 6.07) is 7.27. The number of carbonyl (C=O) groups excluding carboxylic acids is 1. The molecule has 2 aromatic carbocycles. The van der Waals surface area contributed by atoms with Gasteiger partial charge in [-0.1, -0.05) is 17.7 Å². The van der Waals surface area contributed by atoms with E-state index >= 15 is 0 Å². The van der Waals surface area contributed by atoms with E-state index in [-0.39, 0.29) is 10.7 Å². The van der Waals surface area contributed by atoms with Crippen LogP contribution in [0.5, 0.6) is 0 Å². The van der Waals surface area contributed by atoms with Crippen LogP contribution in [0.2, 0.25) is 5.02 Å². The van der Waals surface area contributed by atoms with E-state index < -0.39 is 17.5 Å². The first-order valence-corrected chi connectivity index (χ1v) is 6.29. The molecule has 5 heteroatoms. The molecule has 0 aliphatic carbocycles. The third-order valence-corrected chi connectivity index (χ3v) is 3.29. The van der Waals surface area contributed by atoms with Gasteiger partial charge in [0.15, 0.2) is 11.6 Å². The number of nitrogens with one attached hydrogen (secondary N) is 1. The second kappa shape index (κ2) is 5.59. The number of benzene rings is 2. The number of carbonyl (C=O) groups is 1. The van der Waals surface area contributed by atoms with Gasteiger partial charge in [-0.05, 0) is 43.2 Å². The smallest absolute Gasteiger partial charge is 0.255 e. The summed E-state index contributed by atoms with van der Waals surface area (Å²) in [5, 5.41) is 2.11. The molecule has 2 aromatic rings. The summed E-state index contributed by atoms with van der Waals surface area (Å²) in [5.74, 6) is -2.64. The van der Waals surface area contributed by atoms with Gasteiger partial charge < -0.3 is 5.32 Å². The average Bonchev–Trinajstić information content (AvgIpc) is 2.39. The summed E-state index contributed by atoms with van der Waals surface area (Å²) in [6.07, 6.45) is 0. The summed E-state index contributed by atoms with van der Waals surface area (Å²) in [5.41, 5.74) is 2.59. The summed E-state index contributed by atoms with van der Waals surface area (Å²) >= 11 is 5.53. The lowest BCUT2D eigenvalue weighted by Crippen LogP contribution is -2.12. The van der Waals surface area contributed by atoms with Crippen molar-refractivity contribution in [3.05, 3.63) is 63.7 Å². The SMILES string of the molecule is Cc1ccc(C(=O)Nc2cc(F)c(F)c(Cl)c2)cc1C. The van der Waals surface area contributed by atoms with Gasteiger partial charge in [0.1, 0.15) is 0 Å². The van der Waals surface area contributed by atoms with Crippen molar-refractivity contribution < 1.29 is 13.6 Å². The molecular formula is C15H12ClF2NO. The van der Waals surface area contributed by atoms with Crippen LogP contribution in [0.15, 0.2) is 30.3 Å². The van der Waals surface area contributed by atoms with Gasteiger partial charge in [-0.3, -0.25) is 4.79 Å². The Morgan fingerprint density at radius 1 is 1.10 bits per heavy atom. The highest BCUT2D eigenvalue weighted by Gasteiger charge is 2.12. The van der Waals surface area contributed by atoms with Gasteiger partial charge in [0.2, 0.25) is 0 Å². The second-order valence-electron chi connectivity index (χ2n) is 4.51. The van der Waals surface area contributed by atoms with Crippen LogP contribution < -0.4 is 5.32 Å². The van der Waals surface area contributed by atoms with E-state index in [1.54, 1.807) is 12.1 Å². The highest BCUT2D eigenvalue weighted by molar-refractivity contribution is 6.31. The fourth-order valence-electron chi connectivity index (χ4n) is 1.71. The summed E-state index contributed by atoms with van der Waals surface area (Å²) in [7, 11) is 0. The molecule has 2 rings (SSSR count). The van der Waals surface area contributed by atoms with Crippen LogP contribution in [0.25, 0.3) is 0 Å². The Kier molecular flexibility index (Phi) is 4.04. The van der Waals surface area contributed by atoms with Gasteiger partial charge in [-0.25, -0.2) is 8.78 Å². The minimum atomic E-state index is -1.13. The predicted molar refractivity (Wildman–Crippen MR) is 75.2 cm³/mol. The molecule has 0 heterocycles. The first-order valence-electron chi connectivity index (χ1n) is 5.91. The van der Waals surface area contributed by atoms with Gasteiger partial charge in [0.05, 0.1) is 5.02 Å². The molecule has 1 amide bonds. The van der Waals surface area contributed by atoms with E-state index in [1.165, 1.54) is 6.07 Å². The highest BCUT2D eigenvalue weighted by atomic mass is 35.5. The van der Waals surface area contributed by atoms with Gasteiger partial charge in [0, 0.05) is 17.3 Å². The fourth-order valence-corrected chi connectivity index (χ4v) is 1.92. The Balaban J connectivity index is 2.25. The van der Waals surface area contributed by atoms with Crippen LogP contribution in [-0.2, 0) is 0 Å². The molecule has 0 aromatic heterocycles. The molecule has 104 valence electrons. The molecule has 0 unspecified atom stereocenters. The zero-order chi connectivity index (χ0) is 14.9. The van der Waals surface area contributed by atoms with Gasteiger partial charge in [-0.15, -0.1) is 0 Å². The number of hydrogen-bond acceptors (Lipinski definition) is 1. The highest BCUT2D eigenvalue weighted by Crippen LogP contribution is 2.23. The minimum absolute atomic E-state index is 0.108. The monoisotopic (exact) mass is 295 g/mol. The largest absolute Gasteiger partial charge is 0.322 e. The summed E-state index contributed by atoms with van der Waals surface area (Å²) in [6.45, 7) is 3.83. The van der Waals surface area contributed by atoms with Crippen LogP contribution in [-0.4, -0.2) is 5.91 Å². The van der Waals surface area contributed by atoms with Crippen molar-refractivity contribution in [1.82, 2.24) is 0 Å². The van der Waals surface area contributed by atoms with Crippen molar-refractivity contribution >= 4 is 23.2 Å². The van der Waals surface area contributed by atoms with Crippen LogP contribution in [0.1, 0.15) is 21.5 Å². The van der Waals surface area contributed by atoms with Crippen molar-refractivity contribution in [3.63, 3.8) is 0 Å². The van der Waals surface area contributed by atoms with Crippen molar-refractivity contribution in [1.29, 1.82) is 0 Å². The maximum absolute atomic E-state index is 13.2. The number of anilines is 1. The maximum atomic E-state index is 13.2. The molecule has 0 bridgehead atoms. The molecule has 0 radical (unpaired) electrons. The van der Waals surface area contributed by atoms with Gasteiger partial charge >= 0.3 is 0 Å². The van der Waals surface area contributed by atoms with Crippen molar-refractivity contribution in [2.75, 3.05) is 5.32 Å². The molecule has 0 fully saturated rings. The molecule has 0 aliphatic heterocycles. The van der Waals surface area contributed by atoms with Crippen LogP contribution in [0.4, 0.5) is 14.5 Å². The van der Waals surface area contributed by atoms with Crippen molar-refractivity contribution in [3.8, 4) is 0 Å². The van der Waals surface area contributed by atoms with Crippen molar-refractivity contribution in [2.24, 2.45) is 0 Å². The zero-order valence-corrected chi connectivity index (χ0v) is 11.7. The van der Waals surface area contributed by atoms with Crippen LogP contribution in [0.3, 0.4) is 0 Å². The van der Waals surface area contributed by atoms with E-state index in [0.29, 0.717) is 5.56 Å². The Morgan fingerprint density at radius 2 is 1.80 bits per heavy atom. The molecule has 0 aliphatic rings. The zero-order valence-electron chi connectivity index (χ0n) is 10.9. The van der Waals surface area contributed by atoms with Crippen molar-refractivity contribution in [2.45, 2.75) is 13.8 Å². The van der Waals surface area contributed by atoms with E-state index in [0.717, 1.165) is 17.2 Å². The number of hydrogen-bond donors (Lipinski definition) is 1. The topological polar surface area (TPSA) is 29.1 Å². The first kappa shape index (κ1) is 14.5. The third kappa shape index (κ3) is 2.96. The molecule has 0 saturated carbocycles. The first-order chi connectivity index (χ1) is 9.38. The minimum Gasteiger partial charge on any atom is -0.322 e. The lowest BCUT2D eigenvalue weighted by molar-refractivity contribution is 0.102. The molecular weight excluding hydrogens is 284 g/mol. The molecule has 0 saturated heterocycles. The average molecular weight is 296 g/mol. The summed E-state index contributed by atoms with van der Waals surface area (Å²) in [4.78, 5) is 12.0. The molecule has 1 N–H and O–H groups in total. The molecule has 0 atom stereocenters. The maximum Gasteiger partial charge on any atom is 0.255 e. The summed E-state index contributed by atoms with van der Waals surface area (Å²) < 4.78 is 26.2. The third-order valence-electron chi connectivity index (χ3n) is 3.01. The van der Waals surface area contributed by atoms with E-state index in [4.69, 9.17) is 11.6 Å². The number of aryl methyl sites for hydroxylation is 2. The Bertz CT molecular complexity index is 663. The number of halogens is 3. The van der Waals surface area contributed by atoms with Gasteiger partial charge in [-0.2, -0.15) is 0 Å². The van der Waals surface area contributed by atoms with Crippen LogP contribution in [0, 0.1) is 25.5 Å². The number of amides is 1. The van der Waals surface area contributed by atoms with Gasteiger partial charge in [0.25, 0.3) is 5.91 Å². The van der Waals surface area contributed by atoms with Crippen LogP contribution >= 0.6 is 11.6 Å². The quantitative estimate of drug-likeness (QED) is 0.813. The molecule has 0 spiro atoms. The second-order valence-corrected chi connectivity index (χ2v) is 4.91. The predicted octanol–water partition coefficient (Wildman–Crippen LogP) is 4.49. The Morgan fingerprint density at radius 3 is 2.40 bits per heavy atom. The molecule has 2 nitrogen and oxygen atoms in total. The Labute approximate surface area is 120 Å².